The Bertz CT molecular complexity index is 596. The first-order valence-corrected chi connectivity index (χ1v) is 6.78. The Kier molecular flexibility index (Phi) is 3.65. The Hall–Kier alpha value is -1.77. The van der Waals surface area contributed by atoms with Crippen LogP contribution in [0.3, 0.4) is 0 Å². The zero-order valence-corrected chi connectivity index (χ0v) is 12.0. The molecule has 3 nitrogen and oxygen atoms in total. The molecule has 0 bridgehead atoms. The van der Waals surface area contributed by atoms with Crippen molar-refractivity contribution in [1.29, 1.82) is 0 Å². The molecule has 0 atom stereocenters. The van der Waals surface area contributed by atoms with Gasteiger partial charge in [-0.05, 0) is 31.5 Å². The van der Waals surface area contributed by atoms with Gasteiger partial charge < -0.3 is 9.72 Å². The van der Waals surface area contributed by atoms with Gasteiger partial charge in [-0.2, -0.15) is 0 Å². The van der Waals surface area contributed by atoms with Crippen LogP contribution < -0.4 is 4.74 Å². The Labute approximate surface area is 114 Å². The van der Waals surface area contributed by atoms with Crippen LogP contribution in [-0.2, 0) is 0 Å². The number of hydrogen-bond donors (Lipinski definition) is 1. The zero-order chi connectivity index (χ0) is 14.0. The third-order valence-electron chi connectivity index (χ3n) is 3.71. The van der Waals surface area contributed by atoms with E-state index in [9.17, 15) is 4.79 Å². The van der Waals surface area contributed by atoms with Crippen molar-refractivity contribution in [3.8, 4) is 5.75 Å². The molecule has 0 saturated heterocycles. The van der Waals surface area contributed by atoms with Crippen LogP contribution in [0.25, 0.3) is 10.9 Å². The first kappa shape index (κ1) is 13.7. The highest BCUT2D eigenvalue weighted by atomic mass is 16.5. The molecule has 1 N–H and O–H groups in total. The number of carbonyl (C=O) groups is 1. The molecule has 0 radical (unpaired) electrons. The van der Waals surface area contributed by atoms with Gasteiger partial charge in [0.2, 0.25) is 0 Å². The molecule has 1 heterocycles. The van der Waals surface area contributed by atoms with Gasteiger partial charge in [-0.3, -0.25) is 4.79 Å². The van der Waals surface area contributed by atoms with Gasteiger partial charge in [0.05, 0.1) is 6.61 Å². The summed E-state index contributed by atoms with van der Waals surface area (Å²) in [6.07, 6.45) is 2.63. The van der Waals surface area contributed by atoms with Crippen LogP contribution in [0.4, 0.5) is 0 Å². The van der Waals surface area contributed by atoms with Crippen LogP contribution in [0.1, 0.15) is 44.5 Å². The number of benzene rings is 1. The van der Waals surface area contributed by atoms with Gasteiger partial charge in [-0.15, -0.1) is 0 Å². The van der Waals surface area contributed by atoms with Crippen LogP contribution >= 0.6 is 0 Å². The Morgan fingerprint density at radius 1 is 1.32 bits per heavy atom. The van der Waals surface area contributed by atoms with Crippen LogP contribution in [-0.4, -0.2) is 17.4 Å². The largest absolute Gasteiger partial charge is 0.494 e. The van der Waals surface area contributed by atoms with Crippen molar-refractivity contribution in [3.05, 3.63) is 30.0 Å². The van der Waals surface area contributed by atoms with Crippen LogP contribution in [0.2, 0.25) is 0 Å². The number of fused-ring (bicyclic) bond motifs is 1. The average molecular weight is 259 g/mol. The van der Waals surface area contributed by atoms with Crippen molar-refractivity contribution in [2.45, 2.75) is 34.1 Å². The van der Waals surface area contributed by atoms with E-state index in [2.05, 4.69) is 4.98 Å². The van der Waals surface area contributed by atoms with E-state index in [4.69, 9.17) is 4.74 Å². The van der Waals surface area contributed by atoms with E-state index in [0.29, 0.717) is 6.61 Å². The molecule has 19 heavy (non-hydrogen) atoms. The number of H-pyrrole nitrogens is 1. The lowest BCUT2D eigenvalue weighted by molar-refractivity contribution is 0.0835. The third kappa shape index (κ3) is 2.50. The molecule has 1 aromatic carbocycles. The number of Topliss-reactive ketones (excluding diaryl/α,β-unsaturated/α-hetero) is 1. The SMILES string of the molecule is CCOc1ccc2[nH]cc(C(=O)C(C)(C)CC)c2c1. The zero-order valence-electron chi connectivity index (χ0n) is 12.0. The first-order valence-electron chi connectivity index (χ1n) is 6.78. The number of hydrogen-bond acceptors (Lipinski definition) is 2. The molecule has 0 fully saturated rings. The van der Waals surface area contributed by atoms with E-state index in [1.54, 1.807) is 6.20 Å². The van der Waals surface area contributed by atoms with E-state index in [1.165, 1.54) is 0 Å². The summed E-state index contributed by atoms with van der Waals surface area (Å²) < 4.78 is 5.50. The molecule has 1 aromatic heterocycles. The normalized spacial score (nSPS) is 11.8. The predicted molar refractivity (Wildman–Crippen MR) is 77.9 cm³/mol. The van der Waals surface area contributed by atoms with Crippen molar-refractivity contribution in [2.24, 2.45) is 5.41 Å². The van der Waals surface area contributed by atoms with Gasteiger partial charge in [-0.25, -0.2) is 0 Å². The minimum absolute atomic E-state index is 0.176. The maximum absolute atomic E-state index is 12.6. The lowest BCUT2D eigenvalue weighted by atomic mass is 9.82. The van der Waals surface area contributed by atoms with Gasteiger partial charge in [0.15, 0.2) is 5.78 Å². The van der Waals surface area contributed by atoms with Crippen molar-refractivity contribution >= 4 is 16.7 Å². The van der Waals surface area contributed by atoms with Crippen molar-refractivity contribution in [3.63, 3.8) is 0 Å². The van der Waals surface area contributed by atoms with E-state index >= 15 is 0 Å². The highest BCUT2D eigenvalue weighted by Crippen LogP contribution is 2.31. The van der Waals surface area contributed by atoms with Gasteiger partial charge in [0, 0.05) is 28.1 Å². The van der Waals surface area contributed by atoms with Crippen molar-refractivity contribution < 1.29 is 9.53 Å². The molecule has 3 heteroatoms. The second-order valence-corrected chi connectivity index (χ2v) is 5.41. The second-order valence-electron chi connectivity index (χ2n) is 5.41. The third-order valence-corrected chi connectivity index (χ3v) is 3.71. The molecule has 0 aliphatic carbocycles. The molecular weight excluding hydrogens is 238 g/mol. The topological polar surface area (TPSA) is 42.1 Å². The number of ether oxygens (including phenoxy) is 1. The summed E-state index contributed by atoms with van der Waals surface area (Å²) >= 11 is 0. The quantitative estimate of drug-likeness (QED) is 0.818. The monoisotopic (exact) mass is 259 g/mol. The van der Waals surface area contributed by atoms with E-state index in [0.717, 1.165) is 28.6 Å². The van der Waals surface area contributed by atoms with Crippen LogP contribution in [0.15, 0.2) is 24.4 Å². The van der Waals surface area contributed by atoms with Gasteiger partial charge >= 0.3 is 0 Å². The second kappa shape index (κ2) is 5.08. The van der Waals surface area contributed by atoms with Crippen molar-refractivity contribution in [1.82, 2.24) is 4.98 Å². The minimum Gasteiger partial charge on any atom is -0.494 e. The fourth-order valence-corrected chi connectivity index (χ4v) is 2.07. The highest BCUT2D eigenvalue weighted by molar-refractivity contribution is 6.10. The summed E-state index contributed by atoms with van der Waals surface area (Å²) in [4.78, 5) is 15.7. The molecule has 0 spiro atoms. The molecule has 2 rings (SSSR count). The fraction of sp³-hybridized carbons (Fsp3) is 0.438. The van der Waals surface area contributed by atoms with Gasteiger partial charge in [0.25, 0.3) is 0 Å². The predicted octanol–water partition coefficient (Wildman–Crippen LogP) is 4.19. The van der Waals surface area contributed by atoms with E-state index in [1.807, 2.05) is 45.9 Å². The summed E-state index contributed by atoms with van der Waals surface area (Å²) in [5.74, 6) is 0.979. The lowest BCUT2D eigenvalue weighted by Crippen LogP contribution is -2.23. The van der Waals surface area contributed by atoms with Gasteiger partial charge in [0.1, 0.15) is 5.75 Å². The summed E-state index contributed by atoms with van der Waals surface area (Å²) in [5.41, 5.74) is 1.39. The van der Waals surface area contributed by atoms with Crippen LogP contribution in [0.5, 0.6) is 5.75 Å². The number of aromatic nitrogens is 1. The standard InChI is InChI=1S/C16H21NO2/c1-5-16(3,4)15(18)13-10-17-14-8-7-11(19-6-2)9-12(13)14/h7-10,17H,5-6H2,1-4H3. The van der Waals surface area contributed by atoms with E-state index < -0.39 is 0 Å². The number of carbonyl (C=O) groups excluding carboxylic acids is 1. The fourth-order valence-electron chi connectivity index (χ4n) is 2.07. The number of aromatic amines is 1. The smallest absolute Gasteiger partial charge is 0.170 e. The summed E-state index contributed by atoms with van der Waals surface area (Å²) in [7, 11) is 0. The summed E-state index contributed by atoms with van der Waals surface area (Å²) in [5, 5.41) is 0.942. The number of rotatable bonds is 5. The molecule has 0 aliphatic rings. The average Bonchev–Trinajstić information content (AvgIpc) is 2.81. The maximum Gasteiger partial charge on any atom is 0.170 e. The van der Waals surface area contributed by atoms with E-state index in [-0.39, 0.29) is 11.2 Å². The Balaban J connectivity index is 2.49. The number of nitrogens with one attached hydrogen (secondary N) is 1. The first-order chi connectivity index (χ1) is 8.99. The molecule has 0 aliphatic heterocycles. The minimum atomic E-state index is -0.337. The molecule has 0 amide bonds. The summed E-state index contributed by atoms with van der Waals surface area (Å²) in [6.45, 7) is 8.59. The number of ketones is 1. The molecule has 102 valence electrons. The molecule has 2 aromatic rings. The Morgan fingerprint density at radius 3 is 2.68 bits per heavy atom. The summed E-state index contributed by atoms with van der Waals surface area (Å²) in [6, 6.07) is 5.81. The Morgan fingerprint density at radius 2 is 2.05 bits per heavy atom. The van der Waals surface area contributed by atoms with Crippen LogP contribution in [0, 0.1) is 5.41 Å². The van der Waals surface area contributed by atoms with Crippen molar-refractivity contribution in [2.75, 3.05) is 6.61 Å². The molecule has 0 unspecified atom stereocenters. The lowest BCUT2D eigenvalue weighted by Gasteiger charge is -2.20. The van der Waals surface area contributed by atoms with Gasteiger partial charge in [-0.1, -0.05) is 20.8 Å². The molecular formula is C16H21NO2. The maximum atomic E-state index is 12.6. The molecule has 0 saturated carbocycles. The highest BCUT2D eigenvalue weighted by Gasteiger charge is 2.28.